The van der Waals surface area contributed by atoms with Gasteiger partial charge < -0.3 is 16.6 Å². The Labute approximate surface area is 103 Å². The molecule has 0 amide bonds. The Balaban J connectivity index is 2.03. The van der Waals surface area contributed by atoms with Crippen molar-refractivity contribution in [3.05, 3.63) is 0 Å². The van der Waals surface area contributed by atoms with Crippen LogP contribution in [0.3, 0.4) is 0 Å². The van der Waals surface area contributed by atoms with Gasteiger partial charge in [-0.2, -0.15) is 9.97 Å². The molecule has 1 saturated carbocycles. The van der Waals surface area contributed by atoms with E-state index in [1.54, 1.807) is 4.68 Å². The van der Waals surface area contributed by atoms with E-state index in [4.69, 9.17) is 11.5 Å². The normalized spacial score (nSPS) is 23.8. The minimum atomic E-state index is 0.125. The van der Waals surface area contributed by atoms with E-state index in [2.05, 4.69) is 20.3 Å². The van der Waals surface area contributed by atoms with Crippen LogP contribution in [0, 0.1) is 5.92 Å². The van der Waals surface area contributed by atoms with Crippen molar-refractivity contribution >= 4 is 22.9 Å². The summed E-state index contributed by atoms with van der Waals surface area (Å²) in [5.74, 6) is 0.700. The van der Waals surface area contributed by atoms with Gasteiger partial charge in [0, 0.05) is 6.61 Å². The van der Waals surface area contributed by atoms with Gasteiger partial charge in [0.05, 0.1) is 6.04 Å². The second-order valence-corrected chi connectivity index (χ2v) is 4.69. The topological polar surface area (TPSA) is 129 Å². The van der Waals surface area contributed by atoms with E-state index in [1.807, 2.05) is 0 Å². The molecule has 2 aromatic rings. The van der Waals surface area contributed by atoms with Crippen LogP contribution in [0.2, 0.25) is 0 Å². The largest absolute Gasteiger partial charge is 0.396 e. The van der Waals surface area contributed by atoms with Crippen molar-refractivity contribution < 1.29 is 5.11 Å². The Morgan fingerprint density at radius 3 is 2.83 bits per heavy atom. The van der Waals surface area contributed by atoms with Gasteiger partial charge in [-0.25, -0.2) is 4.68 Å². The highest BCUT2D eigenvalue weighted by Gasteiger charge is 2.28. The minimum absolute atomic E-state index is 0.125. The van der Waals surface area contributed by atoms with Crippen LogP contribution >= 0.6 is 0 Å². The molecule has 3 rings (SSSR count). The van der Waals surface area contributed by atoms with E-state index < -0.39 is 0 Å². The van der Waals surface area contributed by atoms with Gasteiger partial charge in [-0.05, 0) is 25.2 Å². The van der Waals surface area contributed by atoms with E-state index in [1.165, 1.54) is 0 Å². The van der Waals surface area contributed by atoms with Crippen LogP contribution in [0.1, 0.15) is 25.3 Å². The molecule has 8 nitrogen and oxygen atoms in total. The standard InChI is InChI=1S/C10H15N7O/c11-8-7-9(14-10(12)13-8)17(16-15-7)6-2-1-5(3-6)4-18/h5-6,18H,1-4H2,(H4,11,12,13,14)/t5-,6+/m1/s1. The number of hydrogen-bond acceptors (Lipinski definition) is 7. The number of aliphatic hydroxyl groups excluding tert-OH is 1. The second kappa shape index (κ2) is 4.05. The molecule has 2 atom stereocenters. The Morgan fingerprint density at radius 1 is 1.28 bits per heavy atom. The first-order valence-corrected chi connectivity index (χ1v) is 5.93. The van der Waals surface area contributed by atoms with Crippen molar-refractivity contribution in [1.82, 2.24) is 25.0 Å². The van der Waals surface area contributed by atoms with Crippen molar-refractivity contribution in [2.24, 2.45) is 5.92 Å². The fourth-order valence-corrected chi connectivity index (χ4v) is 2.55. The number of rotatable bonds is 2. The Hall–Kier alpha value is -1.96. The van der Waals surface area contributed by atoms with Crippen molar-refractivity contribution in [2.45, 2.75) is 25.3 Å². The van der Waals surface area contributed by atoms with Crippen molar-refractivity contribution in [2.75, 3.05) is 18.1 Å². The van der Waals surface area contributed by atoms with Gasteiger partial charge in [0.15, 0.2) is 17.0 Å². The van der Waals surface area contributed by atoms with E-state index in [0.29, 0.717) is 17.1 Å². The first kappa shape index (κ1) is 11.1. The monoisotopic (exact) mass is 249 g/mol. The highest BCUT2D eigenvalue weighted by atomic mass is 16.3. The lowest BCUT2D eigenvalue weighted by Crippen LogP contribution is -2.10. The summed E-state index contributed by atoms with van der Waals surface area (Å²) in [7, 11) is 0. The summed E-state index contributed by atoms with van der Waals surface area (Å²) < 4.78 is 1.75. The average molecular weight is 249 g/mol. The van der Waals surface area contributed by atoms with Gasteiger partial charge in [0.1, 0.15) is 0 Å². The quantitative estimate of drug-likeness (QED) is 0.667. The maximum absolute atomic E-state index is 9.17. The molecule has 8 heteroatoms. The average Bonchev–Trinajstić information content (AvgIpc) is 2.93. The number of nitrogen functional groups attached to an aromatic ring is 2. The van der Waals surface area contributed by atoms with Crippen LogP contribution < -0.4 is 11.5 Å². The molecule has 1 aliphatic carbocycles. The molecule has 0 unspecified atom stereocenters. The molecule has 0 spiro atoms. The molecule has 0 bridgehead atoms. The maximum atomic E-state index is 9.17. The fourth-order valence-electron chi connectivity index (χ4n) is 2.55. The highest BCUT2D eigenvalue weighted by molar-refractivity contribution is 5.81. The van der Waals surface area contributed by atoms with Crippen molar-refractivity contribution in [3.63, 3.8) is 0 Å². The maximum Gasteiger partial charge on any atom is 0.224 e. The molecular weight excluding hydrogens is 234 g/mol. The second-order valence-electron chi connectivity index (χ2n) is 4.69. The van der Waals surface area contributed by atoms with Crippen molar-refractivity contribution in [1.29, 1.82) is 0 Å². The van der Waals surface area contributed by atoms with Crippen LogP contribution in [0.15, 0.2) is 0 Å². The summed E-state index contributed by atoms with van der Waals surface area (Å²) >= 11 is 0. The number of hydrogen-bond donors (Lipinski definition) is 3. The number of nitrogens with two attached hydrogens (primary N) is 2. The van der Waals surface area contributed by atoms with Crippen LogP contribution in [0.5, 0.6) is 0 Å². The van der Waals surface area contributed by atoms with Gasteiger partial charge >= 0.3 is 0 Å². The number of anilines is 2. The van der Waals surface area contributed by atoms with Crippen LogP contribution in [-0.2, 0) is 0 Å². The molecule has 0 radical (unpaired) electrons. The van der Waals surface area contributed by atoms with Crippen LogP contribution in [0.4, 0.5) is 11.8 Å². The number of aromatic nitrogens is 5. The first-order valence-electron chi connectivity index (χ1n) is 5.93. The fraction of sp³-hybridized carbons (Fsp3) is 0.600. The molecule has 2 heterocycles. The Kier molecular flexibility index (Phi) is 2.51. The highest BCUT2D eigenvalue weighted by Crippen LogP contribution is 2.35. The summed E-state index contributed by atoms with van der Waals surface area (Å²) in [5, 5.41) is 17.3. The molecule has 0 aliphatic heterocycles. The summed E-state index contributed by atoms with van der Waals surface area (Å²) in [6.45, 7) is 0.211. The molecule has 0 saturated heterocycles. The zero-order chi connectivity index (χ0) is 12.7. The van der Waals surface area contributed by atoms with Gasteiger partial charge in [0.25, 0.3) is 0 Å². The Morgan fingerprint density at radius 2 is 2.11 bits per heavy atom. The summed E-state index contributed by atoms with van der Waals surface area (Å²) in [6, 6.07) is 0.195. The molecular formula is C10H15N7O. The zero-order valence-corrected chi connectivity index (χ0v) is 9.82. The van der Waals surface area contributed by atoms with E-state index in [9.17, 15) is 5.11 Å². The molecule has 18 heavy (non-hydrogen) atoms. The van der Waals surface area contributed by atoms with Gasteiger partial charge in [-0.1, -0.05) is 5.21 Å². The van der Waals surface area contributed by atoms with Gasteiger partial charge in [0.2, 0.25) is 5.95 Å². The van der Waals surface area contributed by atoms with Crippen molar-refractivity contribution in [3.8, 4) is 0 Å². The molecule has 1 aliphatic rings. The summed E-state index contributed by atoms with van der Waals surface area (Å²) in [5.41, 5.74) is 12.4. The number of nitrogens with zero attached hydrogens (tertiary/aromatic N) is 5. The molecule has 96 valence electrons. The zero-order valence-electron chi connectivity index (χ0n) is 9.82. The number of fused-ring (bicyclic) bond motifs is 1. The lowest BCUT2D eigenvalue weighted by molar-refractivity contribution is 0.225. The third kappa shape index (κ3) is 1.65. The Bertz CT molecular complexity index is 581. The van der Waals surface area contributed by atoms with E-state index in [-0.39, 0.29) is 24.4 Å². The van der Waals surface area contributed by atoms with Crippen LogP contribution in [0.25, 0.3) is 11.2 Å². The van der Waals surface area contributed by atoms with E-state index in [0.717, 1.165) is 19.3 Å². The third-order valence-electron chi connectivity index (χ3n) is 3.49. The van der Waals surface area contributed by atoms with E-state index >= 15 is 0 Å². The lowest BCUT2D eigenvalue weighted by atomic mass is 10.1. The summed E-state index contributed by atoms with van der Waals surface area (Å²) in [6.07, 6.45) is 2.81. The van der Waals surface area contributed by atoms with Crippen LogP contribution in [-0.4, -0.2) is 36.7 Å². The third-order valence-corrected chi connectivity index (χ3v) is 3.49. The molecule has 2 aromatic heterocycles. The smallest absolute Gasteiger partial charge is 0.224 e. The molecule has 0 aromatic carbocycles. The lowest BCUT2D eigenvalue weighted by Gasteiger charge is -2.10. The predicted molar refractivity (Wildman–Crippen MR) is 65.4 cm³/mol. The van der Waals surface area contributed by atoms with Gasteiger partial charge in [-0.3, -0.25) is 0 Å². The first-order chi connectivity index (χ1) is 8.69. The SMILES string of the molecule is Nc1nc(N)c2nnn([C@H]3CC[C@@H](CO)C3)c2n1. The molecule has 1 fully saturated rings. The number of aliphatic hydroxyl groups is 1. The predicted octanol–water partition coefficient (Wildman–Crippen LogP) is -0.281. The molecule has 5 N–H and O–H groups in total. The van der Waals surface area contributed by atoms with Gasteiger partial charge in [-0.15, -0.1) is 5.10 Å². The minimum Gasteiger partial charge on any atom is -0.396 e. The summed E-state index contributed by atoms with van der Waals surface area (Å²) in [4.78, 5) is 8.02.